The van der Waals surface area contributed by atoms with Crippen LogP contribution in [0.5, 0.6) is 0 Å². The Labute approximate surface area is 158 Å². The number of anilines is 1. The number of benzene rings is 1. The molecule has 26 heavy (non-hydrogen) atoms. The average molecular weight is 388 g/mol. The van der Waals surface area contributed by atoms with Gasteiger partial charge in [0.05, 0.1) is 16.2 Å². The predicted molar refractivity (Wildman–Crippen MR) is 102 cm³/mol. The first-order valence-electron chi connectivity index (χ1n) is 7.81. The Morgan fingerprint density at radius 2 is 2.00 bits per heavy atom. The van der Waals surface area contributed by atoms with E-state index in [4.69, 9.17) is 5.11 Å². The van der Waals surface area contributed by atoms with Crippen molar-refractivity contribution < 1.29 is 14.7 Å². The molecule has 0 spiro atoms. The molecule has 0 bridgehead atoms. The number of nitrogens with one attached hydrogen (secondary N) is 1. The van der Waals surface area contributed by atoms with Gasteiger partial charge in [0.25, 0.3) is 0 Å². The minimum absolute atomic E-state index is 0.175. The van der Waals surface area contributed by atoms with Crippen LogP contribution in [0, 0.1) is 0 Å². The minimum Gasteiger partial charge on any atom is -0.478 e. The smallest absolute Gasteiger partial charge is 0.335 e. The maximum absolute atomic E-state index is 12.1. The number of carbonyl (C=O) groups is 2. The standard InChI is InChI=1S/C17H16N4O3S2/c1-2-21-15(13-4-3-9-25-13)19-20-17(21)26-10-14(22)18-12-7-5-11(6-8-12)16(23)24/h3-9H,2,10H2,1H3,(H,18,22)(H,23,24). The zero-order chi connectivity index (χ0) is 18.5. The summed E-state index contributed by atoms with van der Waals surface area (Å²) in [4.78, 5) is 24.0. The van der Waals surface area contributed by atoms with Gasteiger partial charge in [0, 0.05) is 12.2 Å². The fourth-order valence-corrected chi connectivity index (χ4v) is 3.81. The average Bonchev–Trinajstić information content (AvgIpc) is 3.29. The molecule has 0 atom stereocenters. The summed E-state index contributed by atoms with van der Waals surface area (Å²) in [5.41, 5.74) is 0.728. The number of carboxylic acid groups (broad SMARTS) is 1. The second-order valence-corrected chi connectivity index (χ2v) is 7.14. The molecular formula is C17H16N4O3S2. The topological polar surface area (TPSA) is 97.1 Å². The van der Waals surface area contributed by atoms with Gasteiger partial charge in [-0.15, -0.1) is 21.5 Å². The molecule has 134 valence electrons. The van der Waals surface area contributed by atoms with Crippen molar-refractivity contribution in [3.8, 4) is 10.7 Å². The van der Waals surface area contributed by atoms with Gasteiger partial charge >= 0.3 is 5.97 Å². The third-order valence-electron chi connectivity index (χ3n) is 3.52. The molecule has 2 heterocycles. The maximum Gasteiger partial charge on any atom is 0.335 e. The van der Waals surface area contributed by atoms with Gasteiger partial charge < -0.3 is 15.0 Å². The summed E-state index contributed by atoms with van der Waals surface area (Å²) in [6.45, 7) is 2.72. The second-order valence-electron chi connectivity index (χ2n) is 5.25. The van der Waals surface area contributed by atoms with E-state index < -0.39 is 5.97 Å². The van der Waals surface area contributed by atoms with Gasteiger partial charge in [0.1, 0.15) is 0 Å². The molecule has 9 heteroatoms. The Bertz CT molecular complexity index is 905. The summed E-state index contributed by atoms with van der Waals surface area (Å²) in [5.74, 6) is -0.210. The molecule has 2 aromatic heterocycles. The van der Waals surface area contributed by atoms with Gasteiger partial charge in [-0.1, -0.05) is 17.8 Å². The largest absolute Gasteiger partial charge is 0.478 e. The highest BCUT2D eigenvalue weighted by Gasteiger charge is 2.15. The summed E-state index contributed by atoms with van der Waals surface area (Å²) < 4.78 is 1.98. The molecule has 0 saturated heterocycles. The van der Waals surface area contributed by atoms with E-state index in [1.807, 2.05) is 29.0 Å². The van der Waals surface area contributed by atoms with Crippen LogP contribution in [0.1, 0.15) is 17.3 Å². The summed E-state index contributed by atoms with van der Waals surface area (Å²) >= 11 is 2.91. The normalized spacial score (nSPS) is 10.7. The molecule has 0 radical (unpaired) electrons. The summed E-state index contributed by atoms with van der Waals surface area (Å²) in [6, 6.07) is 9.98. The van der Waals surface area contributed by atoms with E-state index in [1.54, 1.807) is 23.5 Å². The van der Waals surface area contributed by atoms with Crippen LogP contribution in [0.2, 0.25) is 0 Å². The molecule has 3 rings (SSSR count). The summed E-state index contributed by atoms with van der Waals surface area (Å²) in [5, 5.41) is 22.7. The molecule has 2 N–H and O–H groups in total. The van der Waals surface area contributed by atoms with Gasteiger partial charge in [-0.3, -0.25) is 4.79 Å². The number of carboxylic acids is 1. The maximum atomic E-state index is 12.1. The number of carbonyl (C=O) groups excluding carboxylic acids is 1. The third-order valence-corrected chi connectivity index (χ3v) is 5.36. The molecule has 1 amide bonds. The quantitative estimate of drug-likeness (QED) is 0.602. The van der Waals surface area contributed by atoms with Crippen LogP contribution in [0.25, 0.3) is 10.7 Å². The SMILES string of the molecule is CCn1c(SCC(=O)Nc2ccc(C(=O)O)cc2)nnc1-c1cccs1. The number of thiophene rings is 1. The highest BCUT2D eigenvalue weighted by molar-refractivity contribution is 7.99. The monoisotopic (exact) mass is 388 g/mol. The van der Waals surface area contributed by atoms with Gasteiger partial charge in [0.15, 0.2) is 11.0 Å². The Morgan fingerprint density at radius 3 is 2.62 bits per heavy atom. The third kappa shape index (κ3) is 4.12. The van der Waals surface area contributed by atoms with E-state index in [-0.39, 0.29) is 17.2 Å². The fraction of sp³-hybridized carbons (Fsp3) is 0.176. The molecule has 0 saturated carbocycles. The Kier molecular flexibility index (Phi) is 5.69. The van der Waals surface area contributed by atoms with E-state index in [0.29, 0.717) is 17.4 Å². The highest BCUT2D eigenvalue weighted by atomic mass is 32.2. The Morgan fingerprint density at radius 1 is 1.23 bits per heavy atom. The van der Waals surface area contributed by atoms with Crippen molar-refractivity contribution in [2.75, 3.05) is 11.1 Å². The number of rotatable bonds is 7. The molecule has 3 aromatic rings. The van der Waals surface area contributed by atoms with Crippen molar-refractivity contribution in [1.29, 1.82) is 0 Å². The first-order valence-corrected chi connectivity index (χ1v) is 9.68. The Balaban J connectivity index is 1.62. The first kappa shape index (κ1) is 18.2. The van der Waals surface area contributed by atoms with Crippen LogP contribution >= 0.6 is 23.1 Å². The van der Waals surface area contributed by atoms with Crippen molar-refractivity contribution in [3.05, 3.63) is 47.3 Å². The zero-order valence-electron chi connectivity index (χ0n) is 13.9. The number of hydrogen-bond acceptors (Lipinski definition) is 6. The Hall–Kier alpha value is -2.65. The number of hydrogen-bond donors (Lipinski definition) is 2. The zero-order valence-corrected chi connectivity index (χ0v) is 15.5. The fourth-order valence-electron chi connectivity index (χ4n) is 2.29. The van der Waals surface area contributed by atoms with Crippen molar-refractivity contribution in [1.82, 2.24) is 14.8 Å². The number of aromatic nitrogens is 3. The molecule has 7 nitrogen and oxygen atoms in total. The lowest BCUT2D eigenvalue weighted by Gasteiger charge is -2.07. The lowest BCUT2D eigenvalue weighted by Crippen LogP contribution is -2.14. The van der Waals surface area contributed by atoms with Crippen LogP contribution in [-0.2, 0) is 11.3 Å². The number of thioether (sulfide) groups is 1. The first-order chi connectivity index (χ1) is 12.6. The van der Waals surface area contributed by atoms with Crippen molar-refractivity contribution in [2.45, 2.75) is 18.6 Å². The van der Waals surface area contributed by atoms with Crippen LogP contribution in [0.3, 0.4) is 0 Å². The molecule has 0 fully saturated rings. The molecule has 0 unspecified atom stereocenters. The lowest BCUT2D eigenvalue weighted by molar-refractivity contribution is -0.113. The van der Waals surface area contributed by atoms with E-state index in [2.05, 4.69) is 15.5 Å². The number of amides is 1. The van der Waals surface area contributed by atoms with Gasteiger partial charge in [-0.25, -0.2) is 4.79 Å². The lowest BCUT2D eigenvalue weighted by atomic mass is 10.2. The number of nitrogens with zero attached hydrogens (tertiary/aromatic N) is 3. The number of aromatic carboxylic acids is 1. The van der Waals surface area contributed by atoms with Crippen LogP contribution < -0.4 is 5.32 Å². The second kappa shape index (κ2) is 8.15. The minimum atomic E-state index is -1.00. The molecule has 0 aliphatic rings. The van der Waals surface area contributed by atoms with Crippen molar-refractivity contribution in [3.63, 3.8) is 0 Å². The van der Waals surface area contributed by atoms with Crippen LogP contribution in [-0.4, -0.2) is 37.5 Å². The van der Waals surface area contributed by atoms with E-state index in [0.717, 1.165) is 10.7 Å². The molecular weight excluding hydrogens is 372 g/mol. The van der Waals surface area contributed by atoms with Crippen LogP contribution in [0.15, 0.2) is 46.9 Å². The van der Waals surface area contributed by atoms with E-state index in [9.17, 15) is 9.59 Å². The van der Waals surface area contributed by atoms with Crippen molar-refractivity contribution >= 4 is 40.7 Å². The van der Waals surface area contributed by atoms with Crippen molar-refractivity contribution in [2.24, 2.45) is 0 Å². The molecule has 0 aliphatic heterocycles. The van der Waals surface area contributed by atoms with Gasteiger partial charge in [-0.2, -0.15) is 0 Å². The summed E-state index contributed by atoms with van der Waals surface area (Å²) in [7, 11) is 0. The molecule has 0 aliphatic carbocycles. The van der Waals surface area contributed by atoms with Gasteiger partial charge in [0.2, 0.25) is 5.91 Å². The summed E-state index contributed by atoms with van der Waals surface area (Å²) in [6.07, 6.45) is 0. The van der Waals surface area contributed by atoms with E-state index >= 15 is 0 Å². The van der Waals surface area contributed by atoms with Gasteiger partial charge in [-0.05, 0) is 42.6 Å². The molecule has 1 aromatic carbocycles. The van der Waals surface area contributed by atoms with Crippen LogP contribution in [0.4, 0.5) is 5.69 Å². The predicted octanol–water partition coefficient (Wildman–Crippen LogP) is 3.46. The highest BCUT2D eigenvalue weighted by Crippen LogP contribution is 2.27. The van der Waals surface area contributed by atoms with E-state index in [1.165, 1.54) is 23.9 Å².